The van der Waals surface area contributed by atoms with Gasteiger partial charge in [0, 0.05) is 38.9 Å². The van der Waals surface area contributed by atoms with Gasteiger partial charge in [0.05, 0.1) is 6.04 Å². The summed E-state index contributed by atoms with van der Waals surface area (Å²) in [6.45, 7) is 2.60. The number of carbonyl (C=O) groups excluding carboxylic acids is 1. The molecule has 0 aromatic carbocycles. The van der Waals surface area contributed by atoms with Crippen molar-refractivity contribution >= 4 is 5.91 Å². The molecule has 2 aliphatic rings. The third kappa shape index (κ3) is 4.09. The molecule has 0 N–H and O–H groups in total. The minimum absolute atomic E-state index is 0.0757. The number of rotatable bonds is 3. The largest absolute Gasteiger partial charge is 0.435 e. The fraction of sp³-hybridized carbons (Fsp3) is 0.750. The molecule has 1 amide bonds. The molecule has 0 radical (unpaired) electrons. The lowest BCUT2D eigenvalue weighted by molar-refractivity contribution is -0.141. The second-order valence-electron chi connectivity index (χ2n) is 6.55. The number of ether oxygens (including phenoxy) is 1. The molecule has 0 bridgehead atoms. The molecular weight excluding hydrogens is 323 g/mol. The SMILES string of the molecule is O=C(CC1CCOCC1)N1CCC(n2ccc(C(F)(F)F)n2)CC1. The van der Waals surface area contributed by atoms with Crippen LogP contribution in [0.5, 0.6) is 0 Å². The van der Waals surface area contributed by atoms with Crippen molar-refractivity contribution in [1.29, 1.82) is 0 Å². The van der Waals surface area contributed by atoms with E-state index in [9.17, 15) is 18.0 Å². The summed E-state index contributed by atoms with van der Waals surface area (Å²) in [7, 11) is 0. The molecule has 5 nitrogen and oxygen atoms in total. The van der Waals surface area contributed by atoms with E-state index >= 15 is 0 Å². The van der Waals surface area contributed by atoms with Crippen molar-refractivity contribution in [3.63, 3.8) is 0 Å². The van der Waals surface area contributed by atoms with Crippen molar-refractivity contribution in [2.24, 2.45) is 5.92 Å². The number of halogens is 3. The van der Waals surface area contributed by atoms with Gasteiger partial charge in [0.15, 0.2) is 5.69 Å². The first-order chi connectivity index (χ1) is 11.4. The van der Waals surface area contributed by atoms with E-state index in [0.717, 1.165) is 32.1 Å². The average Bonchev–Trinajstić information content (AvgIpc) is 3.06. The van der Waals surface area contributed by atoms with Gasteiger partial charge in [0.25, 0.3) is 0 Å². The van der Waals surface area contributed by atoms with E-state index in [-0.39, 0.29) is 11.9 Å². The Hall–Kier alpha value is -1.57. The van der Waals surface area contributed by atoms with Gasteiger partial charge in [0.1, 0.15) is 0 Å². The molecule has 0 saturated carbocycles. The van der Waals surface area contributed by atoms with Gasteiger partial charge in [-0.1, -0.05) is 0 Å². The number of hydrogen-bond acceptors (Lipinski definition) is 3. The zero-order chi connectivity index (χ0) is 17.2. The number of hydrogen-bond donors (Lipinski definition) is 0. The molecule has 1 aromatic heterocycles. The van der Waals surface area contributed by atoms with Crippen LogP contribution in [0, 0.1) is 5.92 Å². The lowest BCUT2D eigenvalue weighted by Crippen LogP contribution is -2.40. The van der Waals surface area contributed by atoms with Crippen molar-refractivity contribution in [3.05, 3.63) is 18.0 Å². The summed E-state index contributed by atoms with van der Waals surface area (Å²) in [6.07, 6.45) is 0.648. The van der Waals surface area contributed by atoms with Crippen LogP contribution in [0.25, 0.3) is 0 Å². The fourth-order valence-electron chi connectivity index (χ4n) is 3.40. The van der Waals surface area contributed by atoms with Gasteiger partial charge >= 0.3 is 6.18 Å². The molecule has 0 atom stereocenters. The number of alkyl halides is 3. The molecule has 2 fully saturated rings. The van der Waals surface area contributed by atoms with Crippen molar-refractivity contribution in [2.45, 2.75) is 44.3 Å². The predicted octanol–water partition coefficient (Wildman–Crippen LogP) is 2.88. The second-order valence-corrected chi connectivity index (χ2v) is 6.55. The number of piperidine rings is 1. The van der Waals surface area contributed by atoms with E-state index in [1.807, 2.05) is 4.90 Å². The molecule has 2 aliphatic heterocycles. The predicted molar refractivity (Wildman–Crippen MR) is 80.2 cm³/mol. The van der Waals surface area contributed by atoms with Crippen LogP contribution in [-0.4, -0.2) is 46.9 Å². The van der Waals surface area contributed by atoms with E-state index in [1.165, 1.54) is 10.9 Å². The summed E-state index contributed by atoms with van der Waals surface area (Å²) in [5, 5.41) is 3.64. The normalized spacial score (nSPS) is 21.2. The standard InChI is InChI=1S/C16H22F3N3O2/c17-16(18,19)14-3-8-22(20-14)13-1-6-21(7-2-13)15(23)11-12-4-9-24-10-5-12/h3,8,12-13H,1-2,4-7,9-11H2. The summed E-state index contributed by atoms with van der Waals surface area (Å²) in [5.74, 6) is 0.543. The number of likely N-dealkylation sites (tertiary alicyclic amines) is 1. The van der Waals surface area contributed by atoms with Crippen LogP contribution in [0.15, 0.2) is 12.3 Å². The Balaban J connectivity index is 1.50. The Kier molecular flexibility index (Phi) is 5.12. The van der Waals surface area contributed by atoms with Crippen LogP contribution >= 0.6 is 0 Å². The van der Waals surface area contributed by atoms with Crippen LogP contribution in [-0.2, 0) is 15.7 Å². The first-order valence-electron chi connectivity index (χ1n) is 8.41. The van der Waals surface area contributed by atoms with Crippen LogP contribution in [0.2, 0.25) is 0 Å². The van der Waals surface area contributed by atoms with Crippen molar-refractivity contribution in [3.8, 4) is 0 Å². The maximum Gasteiger partial charge on any atom is 0.435 e. The third-order valence-corrected chi connectivity index (χ3v) is 4.89. The van der Waals surface area contributed by atoms with Crippen LogP contribution in [0.3, 0.4) is 0 Å². The first kappa shape index (κ1) is 17.3. The van der Waals surface area contributed by atoms with E-state index in [0.29, 0.717) is 38.3 Å². The summed E-state index contributed by atoms with van der Waals surface area (Å²) >= 11 is 0. The number of amides is 1. The summed E-state index contributed by atoms with van der Waals surface area (Å²) in [6, 6.07) is 0.927. The minimum Gasteiger partial charge on any atom is -0.381 e. The quantitative estimate of drug-likeness (QED) is 0.846. The maximum absolute atomic E-state index is 12.6. The van der Waals surface area contributed by atoms with E-state index in [2.05, 4.69) is 5.10 Å². The molecule has 24 heavy (non-hydrogen) atoms. The topological polar surface area (TPSA) is 47.4 Å². The van der Waals surface area contributed by atoms with E-state index in [4.69, 9.17) is 4.74 Å². The monoisotopic (exact) mass is 345 g/mol. The summed E-state index contributed by atoms with van der Waals surface area (Å²) < 4.78 is 44.6. The highest BCUT2D eigenvalue weighted by Crippen LogP contribution is 2.30. The third-order valence-electron chi connectivity index (χ3n) is 4.89. The molecule has 0 aliphatic carbocycles. The number of aromatic nitrogens is 2. The van der Waals surface area contributed by atoms with Crippen LogP contribution in [0.1, 0.15) is 43.8 Å². The lowest BCUT2D eigenvalue weighted by Gasteiger charge is -2.33. The van der Waals surface area contributed by atoms with Gasteiger partial charge in [-0.05, 0) is 37.7 Å². The van der Waals surface area contributed by atoms with E-state index in [1.54, 1.807) is 0 Å². The Labute approximate surface area is 138 Å². The highest BCUT2D eigenvalue weighted by molar-refractivity contribution is 5.76. The molecule has 2 saturated heterocycles. The van der Waals surface area contributed by atoms with Gasteiger partial charge in [-0.3, -0.25) is 9.48 Å². The van der Waals surface area contributed by atoms with E-state index < -0.39 is 11.9 Å². The second kappa shape index (κ2) is 7.13. The Morgan fingerprint density at radius 1 is 1.21 bits per heavy atom. The Morgan fingerprint density at radius 2 is 1.88 bits per heavy atom. The van der Waals surface area contributed by atoms with Gasteiger partial charge in [-0.15, -0.1) is 0 Å². The molecule has 8 heteroatoms. The Bertz CT molecular complexity index is 559. The Morgan fingerprint density at radius 3 is 2.46 bits per heavy atom. The minimum atomic E-state index is -4.41. The van der Waals surface area contributed by atoms with Gasteiger partial charge in [0.2, 0.25) is 5.91 Å². The summed E-state index contributed by atoms with van der Waals surface area (Å²) in [5.41, 5.74) is -0.861. The number of nitrogens with zero attached hydrogens (tertiary/aromatic N) is 3. The lowest BCUT2D eigenvalue weighted by atomic mass is 9.95. The highest BCUT2D eigenvalue weighted by Gasteiger charge is 2.34. The fourth-order valence-corrected chi connectivity index (χ4v) is 3.40. The smallest absolute Gasteiger partial charge is 0.381 e. The van der Waals surface area contributed by atoms with Gasteiger partial charge in [-0.25, -0.2) is 0 Å². The molecule has 3 heterocycles. The molecule has 0 spiro atoms. The molecule has 0 unspecified atom stereocenters. The average molecular weight is 345 g/mol. The molecule has 3 rings (SSSR count). The molecule has 134 valence electrons. The highest BCUT2D eigenvalue weighted by atomic mass is 19.4. The van der Waals surface area contributed by atoms with Gasteiger partial charge in [-0.2, -0.15) is 18.3 Å². The van der Waals surface area contributed by atoms with Crippen molar-refractivity contribution in [2.75, 3.05) is 26.3 Å². The molecule has 1 aromatic rings. The van der Waals surface area contributed by atoms with Crippen LogP contribution in [0.4, 0.5) is 13.2 Å². The number of carbonyl (C=O) groups is 1. The molecular formula is C16H22F3N3O2. The zero-order valence-corrected chi connectivity index (χ0v) is 13.5. The van der Waals surface area contributed by atoms with Crippen LogP contribution < -0.4 is 0 Å². The van der Waals surface area contributed by atoms with Gasteiger partial charge < -0.3 is 9.64 Å². The first-order valence-corrected chi connectivity index (χ1v) is 8.41. The maximum atomic E-state index is 12.6. The van der Waals surface area contributed by atoms with Crippen molar-refractivity contribution < 1.29 is 22.7 Å². The van der Waals surface area contributed by atoms with Crippen molar-refractivity contribution in [1.82, 2.24) is 14.7 Å². The summed E-state index contributed by atoms with van der Waals surface area (Å²) in [4.78, 5) is 14.2. The zero-order valence-electron chi connectivity index (χ0n) is 13.5.